The fourth-order valence-electron chi connectivity index (χ4n) is 2.82. The summed E-state index contributed by atoms with van der Waals surface area (Å²) >= 11 is 0. The van der Waals surface area contributed by atoms with Crippen molar-refractivity contribution in [2.75, 3.05) is 7.05 Å². The minimum absolute atomic E-state index is 0.178. The number of hydrogen-bond acceptors (Lipinski definition) is 3. The molecule has 114 valence electrons. The summed E-state index contributed by atoms with van der Waals surface area (Å²) in [4.78, 5) is 4.24. The van der Waals surface area contributed by atoms with Crippen molar-refractivity contribution in [3.8, 4) is 0 Å². The lowest BCUT2D eigenvalue weighted by molar-refractivity contribution is 0.0332. The van der Waals surface area contributed by atoms with E-state index in [9.17, 15) is 0 Å². The van der Waals surface area contributed by atoms with E-state index in [4.69, 9.17) is 4.74 Å². The molecule has 2 heterocycles. The topological polar surface area (TPSA) is 33.6 Å². The van der Waals surface area contributed by atoms with Crippen molar-refractivity contribution in [1.29, 1.82) is 0 Å². The molecular weight excluding hydrogens is 260 g/mol. The number of aliphatic imine (C=N–C) groups is 1. The Kier molecular flexibility index (Phi) is 5.18. The van der Waals surface area contributed by atoms with Crippen LogP contribution in [0.3, 0.4) is 0 Å². The van der Waals surface area contributed by atoms with Crippen LogP contribution in [-0.2, 0) is 4.74 Å². The van der Waals surface area contributed by atoms with Crippen molar-refractivity contribution >= 4 is 6.21 Å². The van der Waals surface area contributed by atoms with Crippen LogP contribution >= 0.6 is 0 Å². The fourth-order valence-corrected chi connectivity index (χ4v) is 2.82. The van der Waals surface area contributed by atoms with Crippen LogP contribution in [0, 0.1) is 0 Å². The van der Waals surface area contributed by atoms with Gasteiger partial charge < -0.3 is 10.1 Å². The smallest absolute Gasteiger partial charge is 0.123 e. The standard InChI is InChI=1S/C18H26N2O/c1-14-8-5-6-10-20-11-7-9-17-16(14)12-15(19-4)13-18(2,3)21-17/h5,7-11,15,19H,6,12-13H2,1-4H3/b8-5-,11-7+,16-14+,17-9+,20-10?. The molecule has 0 saturated carbocycles. The highest BCUT2D eigenvalue weighted by molar-refractivity contribution is 5.60. The molecule has 3 nitrogen and oxygen atoms in total. The van der Waals surface area contributed by atoms with Crippen LogP contribution in [-0.4, -0.2) is 24.9 Å². The molecule has 0 aliphatic carbocycles. The van der Waals surface area contributed by atoms with Crippen molar-refractivity contribution < 1.29 is 4.74 Å². The highest BCUT2D eigenvalue weighted by Crippen LogP contribution is 2.34. The van der Waals surface area contributed by atoms with Crippen LogP contribution in [0.25, 0.3) is 0 Å². The molecule has 1 atom stereocenters. The summed E-state index contributed by atoms with van der Waals surface area (Å²) in [5.74, 6) is 0.966. The van der Waals surface area contributed by atoms with Gasteiger partial charge in [-0.05, 0) is 57.5 Å². The van der Waals surface area contributed by atoms with Gasteiger partial charge >= 0.3 is 0 Å². The first-order chi connectivity index (χ1) is 10.0. The zero-order valence-electron chi connectivity index (χ0n) is 13.5. The zero-order valence-corrected chi connectivity index (χ0v) is 13.5. The molecule has 1 unspecified atom stereocenters. The van der Waals surface area contributed by atoms with Gasteiger partial charge in [0.05, 0.1) is 0 Å². The summed E-state index contributed by atoms with van der Waals surface area (Å²) in [5.41, 5.74) is 2.37. The average Bonchev–Trinajstić information content (AvgIpc) is 2.57. The molecule has 0 aromatic rings. The van der Waals surface area contributed by atoms with Gasteiger partial charge in [-0.1, -0.05) is 12.2 Å². The average molecular weight is 286 g/mol. The van der Waals surface area contributed by atoms with E-state index in [2.05, 4.69) is 43.2 Å². The van der Waals surface area contributed by atoms with Gasteiger partial charge in [-0.15, -0.1) is 0 Å². The van der Waals surface area contributed by atoms with Crippen LogP contribution in [0.2, 0.25) is 0 Å². The maximum Gasteiger partial charge on any atom is 0.123 e. The summed E-state index contributed by atoms with van der Waals surface area (Å²) in [6.07, 6.45) is 14.9. The first-order valence-electron chi connectivity index (χ1n) is 7.63. The van der Waals surface area contributed by atoms with Crippen molar-refractivity contribution in [2.24, 2.45) is 4.99 Å². The van der Waals surface area contributed by atoms with Gasteiger partial charge in [-0.25, -0.2) is 0 Å². The SMILES string of the molecule is CNC1CC2=C(C)\C=C/CC=N/C=C/C=C\2OC(C)(C)C1. The van der Waals surface area contributed by atoms with Gasteiger partial charge in [-0.2, -0.15) is 0 Å². The van der Waals surface area contributed by atoms with Crippen LogP contribution < -0.4 is 5.32 Å². The Labute approximate surface area is 128 Å². The Hall–Kier alpha value is -1.61. The minimum Gasteiger partial charge on any atom is -0.488 e. The molecule has 1 saturated heterocycles. The Balaban J connectivity index is 2.47. The molecule has 0 radical (unpaired) electrons. The third kappa shape index (κ3) is 4.43. The summed E-state index contributed by atoms with van der Waals surface area (Å²) in [6, 6.07) is 0.426. The van der Waals surface area contributed by atoms with Gasteiger partial charge in [0.2, 0.25) is 0 Å². The van der Waals surface area contributed by atoms with Crippen LogP contribution in [0.15, 0.2) is 52.4 Å². The summed E-state index contributed by atoms with van der Waals surface area (Å²) in [7, 11) is 2.03. The molecular formula is C18H26N2O. The van der Waals surface area contributed by atoms with E-state index < -0.39 is 0 Å². The van der Waals surface area contributed by atoms with E-state index in [0.717, 1.165) is 25.0 Å². The Morgan fingerprint density at radius 2 is 2.19 bits per heavy atom. The molecule has 2 rings (SSSR count). The largest absolute Gasteiger partial charge is 0.488 e. The minimum atomic E-state index is -0.178. The zero-order chi connectivity index (χ0) is 15.3. The number of allylic oxidation sites excluding steroid dienone is 6. The number of nitrogens with zero attached hydrogens (tertiary/aromatic N) is 1. The third-order valence-corrected chi connectivity index (χ3v) is 3.89. The van der Waals surface area contributed by atoms with Crippen LogP contribution in [0.1, 0.15) is 40.0 Å². The van der Waals surface area contributed by atoms with Crippen molar-refractivity contribution in [3.05, 3.63) is 47.4 Å². The molecule has 2 aliphatic heterocycles. The van der Waals surface area contributed by atoms with Crippen LogP contribution in [0.5, 0.6) is 0 Å². The number of hydrogen-bond donors (Lipinski definition) is 1. The van der Waals surface area contributed by atoms with Crippen LogP contribution in [0.4, 0.5) is 0 Å². The molecule has 1 fully saturated rings. The summed E-state index contributed by atoms with van der Waals surface area (Å²) in [6.45, 7) is 6.46. The lowest BCUT2D eigenvalue weighted by Crippen LogP contribution is -2.33. The van der Waals surface area contributed by atoms with Crippen molar-refractivity contribution in [3.63, 3.8) is 0 Å². The number of rotatable bonds is 1. The maximum atomic E-state index is 6.30. The predicted octanol–water partition coefficient (Wildman–Crippen LogP) is 3.91. The van der Waals surface area contributed by atoms with Gasteiger partial charge in [0.25, 0.3) is 0 Å². The normalized spacial score (nSPS) is 34.5. The van der Waals surface area contributed by atoms with Gasteiger partial charge in [0, 0.05) is 31.3 Å². The number of ether oxygens (including phenoxy) is 1. The van der Waals surface area contributed by atoms with Gasteiger partial charge in [0.15, 0.2) is 0 Å². The van der Waals surface area contributed by atoms with E-state index in [0.29, 0.717) is 6.04 Å². The van der Waals surface area contributed by atoms with E-state index in [1.165, 1.54) is 11.1 Å². The molecule has 2 aliphatic rings. The molecule has 0 bridgehead atoms. The molecule has 1 N–H and O–H groups in total. The van der Waals surface area contributed by atoms with Crippen molar-refractivity contribution in [1.82, 2.24) is 5.32 Å². The second kappa shape index (κ2) is 6.90. The summed E-state index contributed by atoms with van der Waals surface area (Å²) in [5, 5.41) is 3.42. The molecule has 21 heavy (non-hydrogen) atoms. The highest BCUT2D eigenvalue weighted by Gasteiger charge is 2.31. The van der Waals surface area contributed by atoms with Gasteiger partial charge in [-0.3, -0.25) is 4.99 Å². The Morgan fingerprint density at radius 3 is 2.95 bits per heavy atom. The summed E-state index contributed by atoms with van der Waals surface area (Å²) < 4.78 is 6.30. The second-order valence-corrected chi connectivity index (χ2v) is 6.26. The molecule has 3 heteroatoms. The second-order valence-electron chi connectivity index (χ2n) is 6.26. The molecule has 0 amide bonds. The maximum absolute atomic E-state index is 6.30. The fraction of sp³-hybridized carbons (Fsp3) is 0.500. The van der Waals surface area contributed by atoms with E-state index >= 15 is 0 Å². The third-order valence-electron chi connectivity index (χ3n) is 3.89. The van der Waals surface area contributed by atoms with Gasteiger partial charge in [0.1, 0.15) is 11.4 Å². The first-order valence-corrected chi connectivity index (χ1v) is 7.63. The molecule has 0 spiro atoms. The van der Waals surface area contributed by atoms with E-state index in [1.54, 1.807) is 0 Å². The molecule has 0 aromatic heterocycles. The lowest BCUT2D eigenvalue weighted by atomic mass is 9.94. The Morgan fingerprint density at radius 1 is 1.38 bits per heavy atom. The quantitative estimate of drug-likeness (QED) is 0.793. The first kappa shape index (κ1) is 15.8. The van der Waals surface area contributed by atoms with E-state index in [-0.39, 0.29) is 5.60 Å². The highest BCUT2D eigenvalue weighted by atomic mass is 16.5. The number of nitrogens with one attached hydrogen (secondary N) is 1. The number of fused-ring (bicyclic) bond motifs is 1. The van der Waals surface area contributed by atoms with Crippen molar-refractivity contribution in [2.45, 2.75) is 51.7 Å². The monoisotopic (exact) mass is 286 g/mol. The molecule has 0 aromatic carbocycles. The Bertz CT molecular complexity index is 521. The van der Waals surface area contributed by atoms with E-state index in [1.807, 2.05) is 31.6 Å². The predicted molar refractivity (Wildman–Crippen MR) is 89.4 cm³/mol. The lowest BCUT2D eigenvalue weighted by Gasteiger charge is -2.27.